The Morgan fingerprint density at radius 2 is 2.15 bits per heavy atom. The van der Waals surface area contributed by atoms with Crippen LogP contribution in [0.25, 0.3) is 0 Å². The first kappa shape index (κ1) is 12.3. The molecule has 1 aromatic rings. The lowest BCUT2D eigenvalue weighted by Gasteiger charge is -1.93. The molecular formula is C9H11ClO2S. The summed E-state index contributed by atoms with van der Waals surface area (Å²) in [7, 11) is 0. The standard InChI is InChI=1S/C8H9Cl.CH2O2S/c1-2-7-4-3-5-8(9)6-7;2-1(3)4/h3-6H,2H2,1H3;4H,(H,2,3). The SMILES string of the molecule is CCc1cccc(Cl)c1.O=C(O)S. The first-order valence-electron chi connectivity index (χ1n) is 3.72. The Morgan fingerprint density at radius 1 is 1.62 bits per heavy atom. The zero-order valence-corrected chi connectivity index (χ0v) is 8.85. The van der Waals surface area contributed by atoms with Crippen molar-refractivity contribution in [3.63, 3.8) is 0 Å². The molecule has 0 saturated carbocycles. The van der Waals surface area contributed by atoms with Crippen LogP contribution in [0.4, 0.5) is 4.79 Å². The Hall–Kier alpha value is -0.670. The van der Waals surface area contributed by atoms with Gasteiger partial charge in [0.15, 0.2) is 0 Å². The third kappa shape index (κ3) is 7.68. The lowest BCUT2D eigenvalue weighted by molar-refractivity contribution is 0.222. The molecule has 13 heavy (non-hydrogen) atoms. The van der Waals surface area contributed by atoms with E-state index in [0.29, 0.717) is 0 Å². The first-order valence-corrected chi connectivity index (χ1v) is 4.55. The van der Waals surface area contributed by atoms with Crippen molar-refractivity contribution >= 4 is 29.5 Å². The maximum absolute atomic E-state index is 8.86. The number of rotatable bonds is 1. The number of carbonyl (C=O) groups is 1. The summed E-state index contributed by atoms with van der Waals surface area (Å²) < 4.78 is 0. The molecule has 0 fully saturated rings. The zero-order valence-electron chi connectivity index (χ0n) is 7.20. The van der Waals surface area contributed by atoms with Gasteiger partial charge in [-0.2, -0.15) is 0 Å². The van der Waals surface area contributed by atoms with Crippen LogP contribution in [0.1, 0.15) is 12.5 Å². The quantitative estimate of drug-likeness (QED) is 0.708. The fraction of sp³-hybridized carbons (Fsp3) is 0.222. The van der Waals surface area contributed by atoms with Crippen molar-refractivity contribution in [2.24, 2.45) is 0 Å². The van der Waals surface area contributed by atoms with E-state index in [1.165, 1.54) is 5.56 Å². The normalized spacial score (nSPS) is 8.54. The number of carboxylic acid groups (broad SMARTS) is 1. The highest BCUT2D eigenvalue weighted by Gasteiger charge is 1.87. The summed E-state index contributed by atoms with van der Waals surface area (Å²) >= 11 is 8.61. The van der Waals surface area contributed by atoms with Crippen LogP contribution >= 0.6 is 24.2 Å². The maximum Gasteiger partial charge on any atom is 0.361 e. The molecule has 4 heteroatoms. The Bertz CT molecular complexity index is 272. The van der Waals surface area contributed by atoms with Crippen LogP contribution in [0.3, 0.4) is 0 Å². The van der Waals surface area contributed by atoms with Crippen LogP contribution in [0.15, 0.2) is 24.3 Å². The van der Waals surface area contributed by atoms with Gasteiger partial charge in [0.05, 0.1) is 0 Å². The molecule has 2 nitrogen and oxygen atoms in total. The molecule has 1 aromatic carbocycles. The Balaban J connectivity index is 0.000000310. The largest absolute Gasteiger partial charge is 0.473 e. The number of halogens is 1. The van der Waals surface area contributed by atoms with Crippen LogP contribution in [0, 0.1) is 0 Å². The molecule has 0 saturated heterocycles. The van der Waals surface area contributed by atoms with Crippen molar-refractivity contribution < 1.29 is 9.90 Å². The highest BCUT2D eigenvalue weighted by molar-refractivity contribution is 7.96. The highest BCUT2D eigenvalue weighted by Crippen LogP contribution is 2.10. The van der Waals surface area contributed by atoms with E-state index in [2.05, 4.69) is 25.6 Å². The molecule has 0 atom stereocenters. The molecule has 0 radical (unpaired) electrons. The number of aryl methyl sites for hydroxylation is 1. The summed E-state index contributed by atoms with van der Waals surface area (Å²) in [4.78, 5) is 8.86. The maximum atomic E-state index is 8.86. The van der Waals surface area contributed by atoms with Gasteiger partial charge in [-0.25, -0.2) is 4.79 Å². The topological polar surface area (TPSA) is 37.3 Å². The van der Waals surface area contributed by atoms with Crippen LogP contribution < -0.4 is 0 Å². The van der Waals surface area contributed by atoms with E-state index < -0.39 is 5.30 Å². The monoisotopic (exact) mass is 218 g/mol. The second kappa shape index (κ2) is 6.80. The van der Waals surface area contributed by atoms with Gasteiger partial charge in [-0.3, -0.25) is 0 Å². The van der Waals surface area contributed by atoms with Gasteiger partial charge in [0.2, 0.25) is 0 Å². The summed E-state index contributed by atoms with van der Waals surface area (Å²) in [5, 5.41) is 6.97. The molecule has 0 aliphatic carbocycles. The average molecular weight is 219 g/mol. The molecule has 0 amide bonds. The van der Waals surface area contributed by atoms with Crippen molar-refractivity contribution in [1.82, 2.24) is 0 Å². The van der Waals surface area contributed by atoms with Crippen molar-refractivity contribution in [1.29, 1.82) is 0 Å². The minimum atomic E-state index is -1.14. The van der Waals surface area contributed by atoms with Crippen LogP contribution in [-0.4, -0.2) is 10.4 Å². The predicted octanol–water partition coefficient (Wildman–Crippen LogP) is 3.50. The molecular weight excluding hydrogens is 208 g/mol. The van der Waals surface area contributed by atoms with Crippen molar-refractivity contribution in [2.45, 2.75) is 13.3 Å². The van der Waals surface area contributed by atoms with Gasteiger partial charge in [0.25, 0.3) is 0 Å². The third-order valence-corrected chi connectivity index (χ3v) is 1.53. The van der Waals surface area contributed by atoms with E-state index >= 15 is 0 Å². The number of hydrogen-bond donors (Lipinski definition) is 2. The minimum Gasteiger partial charge on any atom is -0.473 e. The van der Waals surface area contributed by atoms with E-state index in [1.54, 1.807) is 0 Å². The zero-order chi connectivity index (χ0) is 10.3. The van der Waals surface area contributed by atoms with Gasteiger partial charge < -0.3 is 5.11 Å². The molecule has 1 rings (SSSR count). The molecule has 0 spiro atoms. The second-order valence-electron chi connectivity index (χ2n) is 2.27. The van der Waals surface area contributed by atoms with Gasteiger partial charge in [-0.05, 0) is 24.1 Å². The molecule has 0 unspecified atom stereocenters. The van der Waals surface area contributed by atoms with Gasteiger partial charge >= 0.3 is 5.30 Å². The first-order chi connectivity index (χ1) is 6.06. The fourth-order valence-corrected chi connectivity index (χ4v) is 0.970. The predicted molar refractivity (Wildman–Crippen MR) is 57.8 cm³/mol. The molecule has 0 aliphatic heterocycles. The lowest BCUT2D eigenvalue weighted by atomic mass is 10.2. The van der Waals surface area contributed by atoms with E-state index in [-0.39, 0.29) is 0 Å². The van der Waals surface area contributed by atoms with Crippen LogP contribution in [0.2, 0.25) is 5.02 Å². The van der Waals surface area contributed by atoms with Crippen molar-refractivity contribution in [2.75, 3.05) is 0 Å². The molecule has 72 valence electrons. The van der Waals surface area contributed by atoms with Gasteiger partial charge in [-0.1, -0.05) is 43.3 Å². The van der Waals surface area contributed by atoms with Crippen LogP contribution in [0.5, 0.6) is 0 Å². The second-order valence-corrected chi connectivity index (χ2v) is 3.09. The Kier molecular flexibility index (Phi) is 6.45. The minimum absolute atomic E-state index is 0.828. The lowest BCUT2D eigenvalue weighted by Crippen LogP contribution is -1.76. The number of hydrogen-bond acceptors (Lipinski definition) is 1. The van der Waals surface area contributed by atoms with E-state index in [9.17, 15) is 0 Å². The summed E-state index contributed by atoms with van der Waals surface area (Å²) in [5.41, 5.74) is 1.29. The van der Waals surface area contributed by atoms with Crippen molar-refractivity contribution in [3.05, 3.63) is 34.9 Å². The molecule has 0 heterocycles. The average Bonchev–Trinajstić information content (AvgIpc) is 2.03. The molecule has 0 aliphatic rings. The van der Waals surface area contributed by atoms with Crippen molar-refractivity contribution in [3.8, 4) is 0 Å². The number of benzene rings is 1. The highest BCUT2D eigenvalue weighted by atomic mass is 35.5. The number of thiol groups is 1. The fourth-order valence-electron chi connectivity index (χ4n) is 0.757. The Labute approximate surface area is 87.9 Å². The van der Waals surface area contributed by atoms with E-state index in [4.69, 9.17) is 21.5 Å². The molecule has 1 N–H and O–H groups in total. The summed E-state index contributed by atoms with van der Waals surface area (Å²) in [6.45, 7) is 2.12. The summed E-state index contributed by atoms with van der Waals surface area (Å²) in [6, 6.07) is 7.93. The smallest absolute Gasteiger partial charge is 0.361 e. The third-order valence-electron chi connectivity index (χ3n) is 1.30. The molecule has 0 bridgehead atoms. The van der Waals surface area contributed by atoms with Gasteiger partial charge in [-0.15, -0.1) is 0 Å². The molecule has 0 aromatic heterocycles. The van der Waals surface area contributed by atoms with Gasteiger partial charge in [0, 0.05) is 5.02 Å². The van der Waals surface area contributed by atoms with Gasteiger partial charge in [0.1, 0.15) is 0 Å². The summed E-state index contributed by atoms with van der Waals surface area (Å²) in [6.07, 6.45) is 1.06. The summed E-state index contributed by atoms with van der Waals surface area (Å²) in [5.74, 6) is 0. The van der Waals surface area contributed by atoms with E-state index in [0.717, 1.165) is 11.4 Å². The Morgan fingerprint density at radius 3 is 2.46 bits per heavy atom. The van der Waals surface area contributed by atoms with E-state index in [1.807, 2.05) is 18.2 Å². The van der Waals surface area contributed by atoms with Crippen LogP contribution in [-0.2, 0) is 6.42 Å².